The number of nitrogens with zero attached hydrogens (tertiary/aromatic N) is 1. The van der Waals surface area contributed by atoms with E-state index in [1.807, 2.05) is 19.1 Å². The van der Waals surface area contributed by atoms with Crippen molar-refractivity contribution >= 4 is 33.1 Å². The topological polar surface area (TPSA) is 75.3 Å². The fourth-order valence-corrected chi connectivity index (χ4v) is 4.96. The van der Waals surface area contributed by atoms with Crippen LogP contribution < -0.4 is 20.7 Å². The first-order valence-electron chi connectivity index (χ1n) is 10.8. The number of thiophene rings is 1. The second kappa shape index (κ2) is 10.1. The van der Waals surface area contributed by atoms with E-state index in [-0.39, 0.29) is 43.3 Å². The third-order valence-corrected chi connectivity index (χ3v) is 6.75. The molecule has 0 bridgehead atoms. The van der Waals surface area contributed by atoms with Gasteiger partial charge in [0.15, 0.2) is 17.7 Å². The highest BCUT2D eigenvalue weighted by Crippen LogP contribution is 2.34. The summed E-state index contributed by atoms with van der Waals surface area (Å²) in [6.07, 6.45) is -3.36. The average Bonchev–Trinajstić information content (AvgIpc) is 3.33. The zero-order valence-corrected chi connectivity index (χ0v) is 19.4. The lowest BCUT2D eigenvalue weighted by Gasteiger charge is -2.16. The Morgan fingerprint density at radius 2 is 2.06 bits per heavy atom. The predicted molar refractivity (Wildman–Crippen MR) is 123 cm³/mol. The minimum absolute atomic E-state index is 0.0478. The Morgan fingerprint density at radius 3 is 2.76 bits per heavy atom. The lowest BCUT2D eigenvalue weighted by Crippen LogP contribution is -2.35. The first kappa shape index (κ1) is 24.2. The number of rotatable bonds is 8. The zero-order valence-electron chi connectivity index (χ0n) is 18.6. The Balaban J connectivity index is 1.37. The molecule has 1 fully saturated rings. The minimum Gasteiger partial charge on any atom is -0.489 e. The third-order valence-electron chi connectivity index (χ3n) is 5.66. The smallest absolute Gasteiger partial charge is 0.263 e. The number of fused-ring (bicyclic) bond motifs is 1. The summed E-state index contributed by atoms with van der Waals surface area (Å²) in [5.41, 5.74) is 1.55. The molecular formula is C23H24F4N4O2S. The van der Waals surface area contributed by atoms with Crippen molar-refractivity contribution in [2.75, 3.05) is 32.1 Å². The maximum absolute atomic E-state index is 14.5. The second-order valence-corrected chi connectivity index (χ2v) is 9.03. The molecule has 0 radical (unpaired) electrons. The van der Waals surface area contributed by atoms with E-state index in [1.54, 1.807) is 7.05 Å². The van der Waals surface area contributed by atoms with Crippen molar-refractivity contribution in [1.29, 1.82) is 0 Å². The maximum Gasteiger partial charge on any atom is 0.263 e. The van der Waals surface area contributed by atoms with Gasteiger partial charge in [-0.05, 0) is 37.1 Å². The monoisotopic (exact) mass is 496 g/mol. The molecule has 3 aromatic rings. The van der Waals surface area contributed by atoms with Crippen LogP contribution in [0.2, 0.25) is 0 Å². The molecule has 3 atom stereocenters. The number of hydrogen-bond donors (Lipinski definition) is 3. The molecule has 0 aliphatic carbocycles. The molecule has 2 aromatic heterocycles. The van der Waals surface area contributed by atoms with E-state index in [4.69, 9.17) is 4.74 Å². The van der Waals surface area contributed by atoms with Crippen LogP contribution in [-0.4, -0.2) is 56.0 Å². The predicted octanol–water partition coefficient (Wildman–Crippen LogP) is 3.92. The summed E-state index contributed by atoms with van der Waals surface area (Å²) in [6.45, 7) is 1.46. The number of carbonyl (C=O) groups excluding carboxylic acids is 1. The number of pyridine rings is 1. The second-order valence-electron chi connectivity index (χ2n) is 8.03. The van der Waals surface area contributed by atoms with E-state index < -0.39 is 30.0 Å². The molecule has 3 heterocycles. The van der Waals surface area contributed by atoms with Gasteiger partial charge in [-0.1, -0.05) is 0 Å². The van der Waals surface area contributed by atoms with E-state index in [0.717, 1.165) is 28.0 Å². The van der Waals surface area contributed by atoms with Crippen molar-refractivity contribution in [3.63, 3.8) is 0 Å². The van der Waals surface area contributed by atoms with Crippen LogP contribution in [0, 0.1) is 18.6 Å². The molecule has 3 N–H and O–H groups in total. The largest absolute Gasteiger partial charge is 0.489 e. The Hall–Kier alpha value is -2.92. The SMILES string of the molecule is CNc1c(C(=O)NCCc2cc(F)c(OCC3NCC(F)C3F)cc2F)sc2nc(C)ccc12. The van der Waals surface area contributed by atoms with Crippen molar-refractivity contribution in [3.05, 3.63) is 52.0 Å². The highest BCUT2D eigenvalue weighted by molar-refractivity contribution is 7.21. The van der Waals surface area contributed by atoms with Crippen molar-refractivity contribution in [2.24, 2.45) is 0 Å². The van der Waals surface area contributed by atoms with Crippen molar-refractivity contribution < 1.29 is 27.1 Å². The van der Waals surface area contributed by atoms with Gasteiger partial charge in [0.25, 0.3) is 5.91 Å². The number of anilines is 1. The number of alkyl halides is 2. The summed E-state index contributed by atoms with van der Waals surface area (Å²) in [4.78, 5) is 18.3. The molecule has 1 aliphatic rings. The van der Waals surface area contributed by atoms with Gasteiger partial charge < -0.3 is 20.7 Å². The Kier molecular flexibility index (Phi) is 7.22. The number of aromatic nitrogens is 1. The number of benzene rings is 1. The quantitative estimate of drug-likeness (QED) is 0.412. The number of ether oxygens (including phenoxy) is 1. The summed E-state index contributed by atoms with van der Waals surface area (Å²) >= 11 is 1.25. The minimum atomic E-state index is -1.76. The Labute approximate surface area is 197 Å². The van der Waals surface area contributed by atoms with E-state index in [2.05, 4.69) is 20.9 Å². The highest BCUT2D eigenvalue weighted by atomic mass is 32.1. The van der Waals surface area contributed by atoms with Gasteiger partial charge in [0, 0.05) is 37.3 Å². The molecule has 0 spiro atoms. The first-order valence-corrected chi connectivity index (χ1v) is 11.6. The van der Waals surface area contributed by atoms with Gasteiger partial charge in [-0.25, -0.2) is 22.5 Å². The summed E-state index contributed by atoms with van der Waals surface area (Å²) in [5.74, 6) is -2.27. The van der Waals surface area contributed by atoms with Crippen molar-refractivity contribution in [3.8, 4) is 5.75 Å². The molecule has 3 unspecified atom stereocenters. The maximum atomic E-state index is 14.5. The van der Waals surface area contributed by atoms with E-state index in [9.17, 15) is 22.4 Å². The number of halogens is 4. The summed E-state index contributed by atoms with van der Waals surface area (Å²) < 4.78 is 60.9. The molecule has 1 saturated heterocycles. The summed E-state index contributed by atoms with van der Waals surface area (Å²) in [7, 11) is 1.71. The standard InChI is InChI=1S/C23H24F4N4O2S/c1-11-3-4-13-20(28-2)21(34-23(13)31-11)22(32)29-6-5-12-7-15(25)18(8-14(12)24)33-10-17-19(27)16(26)9-30-17/h3-4,7-8,16-17,19,28,30H,5-6,9-10H2,1-2H3,(H,29,32). The summed E-state index contributed by atoms with van der Waals surface area (Å²) in [5, 5.41) is 9.19. The molecule has 1 aliphatic heterocycles. The van der Waals surface area contributed by atoms with Crippen molar-refractivity contribution in [1.82, 2.24) is 15.6 Å². The van der Waals surface area contributed by atoms with E-state index in [0.29, 0.717) is 10.6 Å². The average molecular weight is 497 g/mol. The van der Waals surface area contributed by atoms with Gasteiger partial charge in [-0.15, -0.1) is 11.3 Å². The van der Waals surface area contributed by atoms with Gasteiger partial charge >= 0.3 is 0 Å². The van der Waals surface area contributed by atoms with Crippen LogP contribution in [0.15, 0.2) is 24.3 Å². The van der Waals surface area contributed by atoms with Gasteiger partial charge in [0.05, 0.1) is 11.7 Å². The van der Waals surface area contributed by atoms with E-state index >= 15 is 0 Å². The van der Waals surface area contributed by atoms with E-state index in [1.165, 1.54) is 11.3 Å². The normalized spacial score (nSPS) is 20.0. The van der Waals surface area contributed by atoms with Crippen LogP contribution in [0.3, 0.4) is 0 Å². The summed E-state index contributed by atoms with van der Waals surface area (Å²) in [6, 6.07) is 4.68. The van der Waals surface area contributed by atoms with Crippen LogP contribution in [0.4, 0.5) is 23.2 Å². The lowest BCUT2D eigenvalue weighted by atomic mass is 10.1. The Bertz CT molecular complexity index is 1210. The number of carbonyl (C=O) groups is 1. The highest BCUT2D eigenvalue weighted by Gasteiger charge is 2.36. The van der Waals surface area contributed by atoms with Crippen LogP contribution >= 0.6 is 11.3 Å². The fourth-order valence-electron chi connectivity index (χ4n) is 3.81. The van der Waals surface area contributed by atoms with Gasteiger partial charge in [-0.3, -0.25) is 4.79 Å². The van der Waals surface area contributed by atoms with Crippen LogP contribution in [0.25, 0.3) is 10.2 Å². The van der Waals surface area contributed by atoms with Gasteiger partial charge in [0.1, 0.15) is 28.3 Å². The Morgan fingerprint density at radius 1 is 1.26 bits per heavy atom. The van der Waals surface area contributed by atoms with Crippen LogP contribution in [0.5, 0.6) is 5.75 Å². The fraction of sp³-hybridized carbons (Fsp3) is 0.391. The molecule has 4 rings (SSSR count). The van der Waals surface area contributed by atoms with Crippen LogP contribution in [-0.2, 0) is 6.42 Å². The molecular weight excluding hydrogens is 472 g/mol. The first-order chi connectivity index (χ1) is 16.3. The van der Waals surface area contributed by atoms with Gasteiger partial charge in [-0.2, -0.15) is 0 Å². The number of amides is 1. The molecule has 0 saturated carbocycles. The third kappa shape index (κ3) is 4.95. The van der Waals surface area contributed by atoms with Crippen molar-refractivity contribution in [2.45, 2.75) is 31.7 Å². The lowest BCUT2D eigenvalue weighted by molar-refractivity contribution is 0.0959. The number of nitrogens with one attached hydrogen (secondary N) is 3. The number of hydrogen-bond acceptors (Lipinski definition) is 6. The number of aryl methyl sites for hydroxylation is 1. The van der Waals surface area contributed by atoms with Crippen LogP contribution in [0.1, 0.15) is 20.9 Å². The zero-order chi connectivity index (χ0) is 24.4. The molecule has 11 heteroatoms. The van der Waals surface area contributed by atoms with Gasteiger partial charge in [0.2, 0.25) is 0 Å². The molecule has 1 amide bonds. The molecule has 182 valence electrons. The molecule has 34 heavy (non-hydrogen) atoms. The molecule has 6 nitrogen and oxygen atoms in total. The molecule has 1 aromatic carbocycles.